The highest BCUT2D eigenvalue weighted by atomic mass is 16.3. The van der Waals surface area contributed by atoms with E-state index in [4.69, 9.17) is 4.42 Å². The number of furan rings is 1. The van der Waals surface area contributed by atoms with Gasteiger partial charge in [0.05, 0.1) is 5.69 Å². The Morgan fingerprint density at radius 3 is 1.53 bits per heavy atom. The highest BCUT2D eigenvalue weighted by molar-refractivity contribution is 6.11. The van der Waals surface area contributed by atoms with Crippen molar-refractivity contribution in [2.24, 2.45) is 0 Å². The number of rotatable bonds is 8. The Labute approximate surface area is 361 Å². The number of hydrogen-bond acceptors (Lipinski definition) is 3. The largest absolute Gasteiger partial charge is 0.456 e. The van der Waals surface area contributed by atoms with Crippen molar-refractivity contribution in [3.63, 3.8) is 0 Å². The minimum Gasteiger partial charge on any atom is -0.456 e. The summed E-state index contributed by atoms with van der Waals surface area (Å²) in [5.41, 5.74) is 18.3. The fraction of sp³-hybridized carbons (Fsp3) is 0.0169. The molecule has 0 bridgehead atoms. The molecule has 0 unspecified atom stereocenters. The predicted molar refractivity (Wildman–Crippen MR) is 260 cm³/mol. The Kier molecular flexibility index (Phi) is 8.57. The van der Waals surface area contributed by atoms with Gasteiger partial charge in [0.1, 0.15) is 11.2 Å². The lowest BCUT2D eigenvalue weighted by atomic mass is 9.92. The summed E-state index contributed by atoms with van der Waals surface area (Å²) in [5, 5.41) is 4.66. The Bertz CT molecular complexity index is 3390. The lowest BCUT2D eigenvalue weighted by molar-refractivity contribution is 0.669. The highest BCUT2D eigenvalue weighted by Crippen LogP contribution is 2.51. The molecule has 1 aromatic heterocycles. The van der Waals surface area contributed by atoms with Crippen LogP contribution in [0.25, 0.3) is 66.1 Å². The van der Waals surface area contributed by atoms with Crippen LogP contribution in [0.2, 0.25) is 0 Å². The summed E-state index contributed by atoms with van der Waals surface area (Å²) in [4.78, 5) is 4.80. The van der Waals surface area contributed by atoms with Crippen LogP contribution in [-0.2, 0) is 6.42 Å². The van der Waals surface area contributed by atoms with E-state index in [0.29, 0.717) is 0 Å². The zero-order valence-electron chi connectivity index (χ0n) is 33.9. The minimum absolute atomic E-state index is 0.845. The van der Waals surface area contributed by atoms with Gasteiger partial charge in [-0.05, 0) is 129 Å². The van der Waals surface area contributed by atoms with Crippen LogP contribution in [-0.4, -0.2) is 0 Å². The van der Waals surface area contributed by atoms with Gasteiger partial charge >= 0.3 is 0 Å². The standard InChI is InChI=1S/C59H40N2O/c1-5-17-40(18-6-1)49-33-31-47(37-54(49)41-19-7-2-8-20-41)61(48-32-34-52-51-26-15-16-28-57(51)62-58(52)39-48)56-36-43-35-42-29-30-46(38-55(42)59(43)53-27-14-13-25-50(53)56)60(44-21-9-3-10-22-44)45-23-11-4-12-24-45/h1-34,36-39H,35H2. The van der Waals surface area contributed by atoms with Gasteiger partial charge in [-0.25, -0.2) is 0 Å². The van der Waals surface area contributed by atoms with E-state index < -0.39 is 0 Å². The third kappa shape index (κ3) is 6.05. The van der Waals surface area contributed by atoms with Gasteiger partial charge in [-0.15, -0.1) is 0 Å². The first-order valence-corrected chi connectivity index (χ1v) is 21.3. The zero-order chi connectivity index (χ0) is 41.0. The van der Waals surface area contributed by atoms with E-state index in [1.54, 1.807) is 0 Å². The van der Waals surface area contributed by atoms with Gasteiger partial charge in [0.15, 0.2) is 0 Å². The van der Waals surface area contributed by atoms with Gasteiger partial charge in [-0.2, -0.15) is 0 Å². The molecule has 0 saturated carbocycles. The maximum Gasteiger partial charge on any atom is 0.137 e. The van der Waals surface area contributed by atoms with E-state index in [1.165, 1.54) is 55.3 Å². The molecule has 292 valence electrons. The van der Waals surface area contributed by atoms with Crippen LogP contribution >= 0.6 is 0 Å². The van der Waals surface area contributed by atoms with Crippen LogP contribution in [0.5, 0.6) is 0 Å². The van der Waals surface area contributed by atoms with Crippen LogP contribution in [0.1, 0.15) is 11.1 Å². The van der Waals surface area contributed by atoms with E-state index in [2.05, 4.69) is 234 Å². The van der Waals surface area contributed by atoms with Crippen molar-refractivity contribution < 1.29 is 4.42 Å². The minimum atomic E-state index is 0.845. The number of hydrogen-bond donors (Lipinski definition) is 0. The summed E-state index contributed by atoms with van der Waals surface area (Å²) < 4.78 is 6.55. The van der Waals surface area contributed by atoms with Crippen molar-refractivity contribution in [1.29, 1.82) is 0 Å². The molecular weight excluding hydrogens is 753 g/mol. The smallest absolute Gasteiger partial charge is 0.137 e. The highest BCUT2D eigenvalue weighted by Gasteiger charge is 2.28. The number of nitrogens with zero attached hydrogens (tertiary/aromatic N) is 2. The van der Waals surface area contributed by atoms with Gasteiger partial charge in [0.25, 0.3) is 0 Å². The molecular formula is C59H40N2O. The number of benzene rings is 10. The van der Waals surface area contributed by atoms with E-state index in [0.717, 1.165) is 62.5 Å². The molecule has 0 aliphatic heterocycles. The molecule has 0 atom stereocenters. The van der Waals surface area contributed by atoms with E-state index >= 15 is 0 Å². The molecule has 0 saturated heterocycles. The van der Waals surface area contributed by atoms with Gasteiger partial charge in [0.2, 0.25) is 0 Å². The van der Waals surface area contributed by atoms with Crippen molar-refractivity contribution in [2.45, 2.75) is 6.42 Å². The molecule has 11 aromatic rings. The Hall–Kier alpha value is -8.14. The normalized spacial score (nSPS) is 11.8. The molecule has 1 heterocycles. The molecule has 3 heteroatoms. The second-order valence-corrected chi connectivity index (χ2v) is 16.1. The molecule has 62 heavy (non-hydrogen) atoms. The van der Waals surface area contributed by atoms with Crippen LogP contribution < -0.4 is 9.80 Å². The Morgan fingerprint density at radius 1 is 0.306 bits per heavy atom. The fourth-order valence-electron chi connectivity index (χ4n) is 9.63. The lowest BCUT2D eigenvalue weighted by Crippen LogP contribution is -2.11. The molecule has 12 rings (SSSR count). The number of anilines is 6. The van der Waals surface area contributed by atoms with Gasteiger partial charge in [0, 0.05) is 50.7 Å². The van der Waals surface area contributed by atoms with Gasteiger partial charge < -0.3 is 14.2 Å². The number of fused-ring (bicyclic) bond motifs is 8. The first-order chi connectivity index (χ1) is 30.7. The van der Waals surface area contributed by atoms with Crippen LogP contribution in [0, 0.1) is 0 Å². The average Bonchev–Trinajstić information content (AvgIpc) is 3.91. The fourth-order valence-corrected chi connectivity index (χ4v) is 9.63. The van der Waals surface area contributed by atoms with E-state index in [-0.39, 0.29) is 0 Å². The van der Waals surface area contributed by atoms with Crippen molar-refractivity contribution >= 4 is 66.8 Å². The van der Waals surface area contributed by atoms with Gasteiger partial charge in [-0.1, -0.05) is 152 Å². The monoisotopic (exact) mass is 792 g/mol. The third-order valence-corrected chi connectivity index (χ3v) is 12.4. The maximum atomic E-state index is 6.55. The molecule has 1 aliphatic rings. The molecule has 1 aliphatic carbocycles. The summed E-state index contributed by atoms with van der Waals surface area (Å²) in [7, 11) is 0. The molecule has 0 radical (unpaired) electrons. The third-order valence-electron chi connectivity index (χ3n) is 12.4. The summed E-state index contributed by atoms with van der Waals surface area (Å²) in [6.45, 7) is 0. The van der Waals surface area contributed by atoms with Gasteiger partial charge in [-0.3, -0.25) is 0 Å². The predicted octanol–water partition coefficient (Wildman–Crippen LogP) is 16.6. The zero-order valence-corrected chi connectivity index (χ0v) is 33.9. The van der Waals surface area contributed by atoms with Crippen molar-refractivity contribution in [1.82, 2.24) is 0 Å². The molecule has 0 amide bonds. The topological polar surface area (TPSA) is 19.6 Å². The molecule has 0 N–H and O–H groups in total. The summed E-state index contributed by atoms with van der Waals surface area (Å²) in [6, 6.07) is 83.1. The van der Waals surface area contributed by atoms with Crippen LogP contribution in [0.15, 0.2) is 235 Å². The van der Waals surface area contributed by atoms with Crippen LogP contribution in [0.4, 0.5) is 34.1 Å². The van der Waals surface area contributed by atoms with Crippen molar-refractivity contribution in [3.8, 4) is 33.4 Å². The SMILES string of the molecule is c1ccc(-c2ccc(N(c3ccc4c(c3)oc3ccccc34)c3cc4c(c5ccccc35)-c3cc(N(c5ccccc5)c5ccccc5)ccc3C4)cc2-c2ccccc2)cc1. The molecule has 0 spiro atoms. The number of para-hydroxylation sites is 3. The lowest BCUT2D eigenvalue weighted by Gasteiger charge is -2.29. The van der Waals surface area contributed by atoms with Crippen molar-refractivity contribution in [2.75, 3.05) is 9.80 Å². The first kappa shape index (κ1) is 35.8. The second kappa shape index (κ2) is 14.8. The van der Waals surface area contributed by atoms with E-state index in [1.807, 2.05) is 6.07 Å². The maximum absolute atomic E-state index is 6.55. The first-order valence-electron chi connectivity index (χ1n) is 21.3. The summed E-state index contributed by atoms with van der Waals surface area (Å²) in [5.74, 6) is 0. The summed E-state index contributed by atoms with van der Waals surface area (Å²) in [6.07, 6.45) is 0.845. The molecule has 0 fully saturated rings. The Morgan fingerprint density at radius 2 is 0.823 bits per heavy atom. The van der Waals surface area contributed by atoms with E-state index in [9.17, 15) is 0 Å². The molecule has 3 nitrogen and oxygen atoms in total. The quantitative estimate of drug-likeness (QED) is 0.153. The average molecular weight is 793 g/mol. The molecule has 10 aromatic carbocycles. The Balaban J connectivity index is 1.08. The second-order valence-electron chi connectivity index (χ2n) is 16.1. The van der Waals surface area contributed by atoms with Crippen LogP contribution in [0.3, 0.4) is 0 Å². The summed E-state index contributed by atoms with van der Waals surface area (Å²) >= 11 is 0. The van der Waals surface area contributed by atoms with Crippen molar-refractivity contribution in [3.05, 3.63) is 242 Å².